The Bertz CT molecular complexity index is 286. The number of aliphatic hydroxyl groups excluding tert-OH is 2. The van der Waals surface area contributed by atoms with E-state index in [0.717, 1.165) is 0 Å². The molecular weight excluding hydrogens is 522 g/mol. The van der Waals surface area contributed by atoms with E-state index in [0.29, 0.717) is 21.9 Å². The summed E-state index contributed by atoms with van der Waals surface area (Å²) >= 11 is 4.06. The zero-order valence-corrected chi connectivity index (χ0v) is 18.1. The van der Waals surface area contributed by atoms with Crippen molar-refractivity contribution in [3.63, 3.8) is 0 Å². The largest absolute Gasteiger partial charge is 2.00 e. The lowest BCUT2D eigenvalue weighted by atomic mass is 10.4. The van der Waals surface area contributed by atoms with Gasteiger partial charge in [-0.1, -0.05) is 45.2 Å². The number of hydrogen-bond acceptors (Lipinski definition) is 4. The summed E-state index contributed by atoms with van der Waals surface area (Å²) in [5.74, 6) is 0.296. The van der Waals surface area contributed by atoms with Crippen molar-refractivity contribution in [2.24, 2.45) is 0 Å². The predicted molar refractivity (Wildman–Crippen MR) is 103 cm³/mol. The van der Waals surface area contributed by atoms with Crippen molar-refractivity contribution < 1.29 is 28.8 Å². The highest BCUT2D eigenvalue weighted by atomic mass is 127. The maximum atomic E-state index is 11.1. The number of amides is 2. The first-order valence-corrected chi connectivity index (χ1v) is 9.20. The Kier molecular flexibility index (Phi) is 17.2. The molecule has 2 N–H and O–H groups in total. The Morgan fingerprint density at radius 1 is 0.810 bits per heavy atom. The molecule has 2 amide bonds. The number of hydrogen-bond donors (Lipinski definition) is 2. The number of carbonyl (C=O) groups excluding carboxylic acids is 2. The van der Waals surface area contributed by atoms with E-state index < -0.39 is 0 Å². The summed E-state index contributed by atoms with van der Waals surface area (Å²) in [5.41, 5.74) is 0. The quantitative estimate of drug-likeness (QED) is 0.280. The van der Waals surface area contributed by atoms with Crippen molar-refractivity contribution >= 4 is 70.5 Å². The van der Waals surface area contributed by atoms with E-state index in [1.807, 2.05) is 45.2 Å². The first-order chi connectivity index (χ1) is 9.08. The molecule has 9 heteroatoms. The number of likely N-dealkylation sites (N-methyl/N-ethyl adjacent to an activating group) is 2. The summed E-state index contributed by atoms with van der Waals surface area (Å²) in [4.78, 5) is 22.2. The highest BCUT2D eigenvalue weighted by Crippen LogP contribution is 2.00. The first kappa shape index (κ1) is 26.9. The molecule has 0 saturated heterocycles. The molecule has 0 heterocycles. The van der Waals surface area contributed by atoms with Crippen molar-refractivity contribution in [2.75, 3.05) is 63.3 Å². The van der Waals surface area contributed by atoms with Crippen molar-refractivity contribution in [2.45, 2.75) is 0 Å². The summed E-state index contributed by atoms with van der Waals surface area (Å²) in [6.45, 7) is 1.13. The molecule has 0 unspecified atom stereocenters. The summed E-state index contributed by atoms with van der Waals surface area (Å²) in [7, 11) is 7.21. The summed E-state index contributed by atoms with van der Waals surface area (Å²) in [6, 6.07) is 0. The average Bonchev–Trinajstić information content (AvgIpc) is 2.37. The molecule has 0 rings (SSSR count). The number of quaternary nitrogens is 2. The molecule has 128 valence electrons. The third kappa shape index (κ3) is 12.1. The maximum Gasteiger partial charge on any atom is 0.323 e. The Morgan fingerprint density at radius 2 is 1.05 bits per heavy atom. The van der Waals surface area contributed by atoms with E-state index in [1.165, 1.54) is 0 Å². The zero-order chi connectivity index (χ0) is 16.4. The fraction of sp³-hybridized carbons (Fsp3) is 0.833. The van der Waals surface area contributed by atoms with Crippen molar-refractivity contribution in [3.05, 3.63) is 0 Å². The van der Waals surface area contributed by atoms with Gasteiger partial charge in [-0.3, -0.25) is 8.97 Å². The lowest BCUT2D eigenvalue weighted by Crippen LogP contribution is -2.48. The van der Waals surface area contributed by atoms with Gasteiger partial charge in [0.15, 0.2) is 0 Å². The van der Waals surface area contributed by atoms with Gasteiger partial charge in [-0.2, -0.15) is 0 Å². The Morgan fingerprint density at radius 3 is 1.19 bits per heavy atom. The lowest BCUT2D eigenvalue weighted by molar-refractivity contribution is -0.813. The van der Waals surface area contributed by atoms with Crippen LogP contribution in [0.5, 0.6) is 0 Å². The fourth-order valence-corrected chi connectivity index (χ4v) is 2.92. The molecular formula is C12H26I2N2O4S. The smallest absolute Gasteiger partial charge is 0.323 e. The average molecular weight is 548 g/mol. The highest BCUT2D eigenvalue weighted by Gasteiger charge is 2.24. The summed E-state index contributed by atoms with van der Waals surface area (Å²) in [5, 5.41) is 17.2. The maximum absolute atomic E-state index is 11.1. The van der Waals surface area contributed by atoms with Crippen LogP contribution < -0.4 is 0 Å². The fourth-order valence-electron chi connectivity index (χ4n) is 1.07. The van der Waals surface area contributed by atoms with E-state index in [4.69, 9.17) is 10.2 Å². The van der Waals surface area contributed by atoms with Gasteiger partial charge in [0.1, 0.15) is 21.9 Å². The third-order valence-corrected chi connectivity index (χ3v) is 4.20. The van der Waals surface area contributed by atoms with Gasteiger partial charge in [-0.25, -0.2) is 9.59 Å². The Labute approximate surface area is 161 Å². The van der Waals surface area contributed by atoms with Crippen LogP contribution in [0.4, 0.5) is 0 Å². The van der Waals surface area contributed by atoms with Crippen LogP contribution in [0.25, 0.3) is 0 Å². The van der Waals surface area contributed by atoms with Crippen LogP contribution in [0.3, 0.4) is 0 Å². The second-order valence-corrected chi connectivity index (χ2v) is 6.84. The van der Waals surface area contributed by atoms with Crippen LogP contribution in [-0.4, -0.2) is 94.3 Å². The van der Waals surface area contributed by atoms with Crippen LogP contribution in [0, 0.1) is 0 Å². The van der Waals surface area contributed by atoms with Gasteiger partial charge in [0.2, 0.25) is 0 Å². The van der Waals surface area contributed by atoms with Crippen LogP contribution in [0.2, 0.25) is 0 Å². The topological polar surface area (TPSA) is 74.6 Å². The second kappa shape index (κ2) is 13.4. The van der Waals surface area contributed by atoms with Crippen molar-refractivity contribution in [1.29, 1.82) is 0 Å². The minimum Gasteiger partial charge on any atom is -2.00 e. The molecule has 0 bridgehead atoms. The van der Waals surface area contributed by atoms with E-state index >= 15 is 0 Å². The molecule has 0 aliphatic carbocycles. The monoisotopic (exact) mass is 548 g/mol. The van der Waals surface area contributed by atoms with Crippen LogP contribution in [0.1, 0.15) is 0 Å². The molecule has 0 aliphatic rings. The summed E-state index contributed by atoms with van der Waals surface area (Å²) < 4.78 is 1.56. The molecule has 0 fully saturated rings. The standard InChI is InChI=1S/2C6H13INO2.S/c2*1-8(2,3-4-9)6(10)5-7;/h2*9H,3-5H2,1-2H3;/q2*+1;-2. The van der Waals surface area contributed by atoms with Gasteiger partial charge in [0, 0.05) is 0 Å². The van der Waals surface area contributed by atoms with Gasteiger partial charge < -0.3 is 23.7 Å². The first-order valence-electron chi connectivity index (χ1n) is 6.15. The van der Waals surface area contributed by atoms with Gasteiger partial charge in [-0.15, -0.1) is 0 Å². The molecule has 0 radical (unpaired) electrons. The Balaban J connectivity index is -0.000000295. The number of aliphatic hydroxyl groups is 2. The van der Waals surface area contributed by atoms with Gasteiger partial charge in [-0.05, 0) is 0 Å². The van der Waals surface area contributed by atoms with Crippen molar-refractivity contribution in [1.82, 2.24) is 0 Å². The van der Waals surface area contributed by atoms with Crippen LogP contribution in [-0.2, 0) is 23.1 Å². The normalized spacial score (nSPS) is 11.0. The molecule has 6 nitrogen and oxygen atoms in total. The molecule has 0 aliphatic heterocycles. The van der Waals surface area contributed by atoms with E-state index in [1.54, 1.807) is 28.2 Å². The number of nitrogens with zero attached hydrogens (tertiary/aromatic N) is 2. The van der Waals surface area contributed by atoms with Gasteiger partial charge in [0.25, 0.3) is 0 Å². The molecule has 0 aromatic carbocycles. The van der Waals surface area contributed by atoms with E-state index in [2.05, 4.69) is 0 Å². The SMILES string of the molecule is C[N+](C)(CCO)C(=O)CI.C[N+](C)(CCO)C(=O)CI.[S-2]. The van der Waals surface area contributed by atoms with Gasteiger partial charge in [0.05, 0.1) is 41.4 Å². The highest BCUT2D eigenvalue weighted by molar-refractivity contribution is 14.1. The molecule has 0 spiro atoms. The number of carbonyl (C=O) groups is 2. The predicted octanol–water partition coefficient (Wildman–Crippen LogP) is 0.0310. The van der Waals surface area contributed by atoms with Gasteiger partial charge >= 0.3 is 11.8 Å². The van der Waals surface area contributed by atoms with Crippen LogP contribution >= 0.6 is 45.2 Å². The number of rotatable bonds is 6. The van der Waals surface area contributed by atoms with E-state index in [-0.39, 0.29) is 47.5 Å². The third-order valence-electron chi connectivity index (χ3n) is 2.90. The van der Waals surface area contributed by atoms with E-state index in [9.17, 15) is 9.59 Å². The van der Waals surface area contributed by atoms with Crippen molar-refractivity contribution in [3.8, 4) is 0 Å². The molecule has 0 atom stereocenters. The number of alkyl halides is 2. The molecule has 0 aromatic rings. The lowest BCUT2D eigenvalue weighted by Gasteiger charge is -2.24. The molecule has 0 aromatic heterocycles. The van der Waals surface area contributed by atoms with Crippen LogP contribution in [0.15, 0.2) is 0 Å². The minimum atomic E-state index is 0. The Hall–Kier alpha value is 0.990. The minimum absolute atomic E-state index is 0. The summed E-state index contributed by atoms with van der Waals surface area (Å²) in [6.07, 6.45) is 0. The molecule has 21 heavy (non-hydrogen) atoms. The second-order valence-electron chi connectivity index (χ2n) is 5.32. The molecule has 0 saturated carbocycles. The number of halogens is 2. The zero-order valence-electron chi connectivity index (χ0n) is 13.0.